The molecule has 33 heavy (non-hydrogen) atoms. The molecule has 0 saturated heterocycles. The monoisotopic (exact) mass is 468 g/mol. The average molecular weight is 469 g/mol. The summed E-state index contributed by atoms with van der Waals surface area (Å²) in [5, 5.41) is 9.76. The van der Waals surface area contributed by atoms with Crippen LogP contribution in [0.4, 0.5) is 0 Å². The molecule has 0 aliphatic heterocycles. The number of nitrogens with zero attached hydrogens (tertiary/aromatic N) is 4. The number of ether oxygens (including phenoxy) is 2. The van der Waals surface area contributed by atoms with Crippen molar-refractivity contribution in [2.24, 2.45) is 0 Å². The van der Waals surface area contributed by atoms with Crippen molar-refractivity contribution in [3.05, 3.63) is 59.7 Å². The zero-order valence-electron chi connectivity index (χ0n) is 19.9. The quantitative estimate of drug-likeness (QED) is 0.372. The predicted molar refractivity (Wildman–Crippen MR) is 132 cm³/mol. The molecule has 8 heteroatoms. The van der Waals surface area contributed by atoms with Crippen LogP contribution in [0.5, 0.6) is 5.75 Å². The maximum absolute atomic E-state index is 12.9. The number of amides is 1. The lowest BCUT2D eigenvalue weighted by Crippen LogP contribution is -2.28. The van der Waals surface area contributed by atoms with Crippen LogP contribution in [-0.2, 0) is 10.5 Å². The number of rotatable bonds is 11. The Hall–Kier alpha value is -2.84. The molecular formula is C25H32N4O3S. The molecule has 3 rings (SSSR count). The molecule has 7 nitrogen and oxygen atoms in total. The van der Waals surface area contributed by atoms with Crippen LogP contribution in [0.3, 0.4) is 0 Å². The Bertz CT molecular complexity index is 1070. The molecule has 1 atom stereocenters. The van der Waals surface area contributed by atoms with Gasteiger partial charge in [-0.15, -0.1) is 10.2 Å². The van der Waals surface area contributed by atoms with Crippen molar-refractivity contribution < 1.29 is 14.3 Å². The minimum Gasteiger partial charge on any atom is -0.497 e. The van der Waals surface area contributed by atoms with Crippen molar-refractivity contribution in [2.45, 2.75) is 37.2 Å². The molecule has 0 saturated carbocycles. The van der Waals surface area contributed by atoms with Crippen molar-refractivity contribution >= 4 is 17.7 Å². The molecular weight excluding hydrogens is 436 g/mol. The largest absolute Gasteiger partial charge is 0.497 e. The van der Waals surface area contributed by atoms with Crippen molar-refractivity contribution in [1.82, 2.24) is 19.7 Å². The van der Waals surface area contributed by atoms with Gasteiger partial charge in [-0.2, -0.15) is 0 Å². The summed E-state index contributed by atoms with van der Waals surface area (Å²) in [5.41, 5.74) is 2.63. The molecule has 1 heterocycles. The minimum atomic E-state index is 0.0289. The summed E-state index contributed by atoms with van der Waals surface area (Å²) >= 11 is 1.57. The van der Waals surface area contributed by atoms with E-state index in [2.05, 4.69) is 28.6 Å². The topological polar surface area (TPSA) is 69.5 Å². The molecule has 1 unspecified atom stereocenters. The second-order valence-corrected chi connectivity index (χ2v) is 8.83. The van der Waals surface area contributed by atoms with Gasteiger partial charge in [-0.3, -0.25) is 9.36 Å². The van der Waals surface area contributed by atoms with Gasteiger partial charge in [0.05, 0.1) is 19.8 Å². The molecule has 176 valence electrons. The fourth-order valence-corrected chi connectivity index (χ4v) is 4.73. The summed E-state index contributed by atoms with van der Waals surface area (Å²) in [6.45, 7) is 5.41. The molecule has 0 aliphatic rings. The molecule has 0 fully saturated rings. The van der Waals surface area contributed by atoms with Gasteiger partial charge in [0.25, 0.3) is 5.91 Å². The van der Waals surface area contributed by atoms with Gasteiger partial charge in [0.15, 0.2) is 11.0 Å². The Morgan fingerprint density at radius 3 is 2.67 bits per heavy atom. The van der Waals surface area contributed by atoms with Gasteiger partial charge in [0.2, 0.25) is 0 Å². The average Bonchev–Trinajstić information content (AvgIpc) is 3.27. The lowest BCUT2D eigenvalue weighted by atomic mass is 10.1. The van der Waals surface area contributed by atoms with E-state index in [1.165, 1.54) is 0 Å². The minimum absolute atomic E-state index is 0.0289. The SMILES string of the molecule is CCCN(C)C(=O)c1ccccc1CSc1nnc(-c2cccc(OC)c2)n1C(C)COC. The lowest BCUT2D eigenvalue weighted by molar-refractivity contribution is 0.0794. The number of benzene rings is 2. The van der Waals surface area contributed by atoms with Crippen LogP contribution in [0.15, 0.2) is 53.7 Å². The summed E-state index contributed by atoms with van der Waals surface area (Å²) in [6.07, 6.45) is 0.923. The standard InChI is InChI=1S/C25H32N4O3S/c1-6-14-28(3)24(30)22-13-8-7-10-20(22)17-33-25-27-26-23(29(25)18(2)16-31-4)19-11-9-12-21(15-19)32-5/h7-13,15,18H,6,14,16-17H2,1-5H3. The predicted octanol–water partition coefficient (Wildman–Crippen LogP) is 4.94. The van der Waals surface area contributed by atoms with E-state index < -0.39 is 0 Å². The van der Waals surface area contributed by atoms with Crippen molar-refractivity contribution in [3.8, 4) is 17.1 Å². The third-order valence-corrected chi connectivity index (χ3v) is 6.34. The molecule has 0 bridgehead atoms. The first-order chi connectivity index (χ1) is 16.0. The smallest absolute Gasteiger partial charge is 0.253 e. The van der Waals surface area contributed by atoms with Crippen molar-refractivity contribution in [2.75, 3.05) is 34.4 Å². The maximum atomic E-state index is 12.9. The molecule has 2 aromatic carbocycles. The third-order valence-electron chi connectivity index (χ3n) is 5.35. The van der Waals surface area contributed by atoms with E-state index in [1.807, 2.05) is 55.6 Å². The second-order valence-electron chi connectivity index (χ2n) is 7.89. The highest BCUT2D eigenvalue weighted by Gasteiger charge is 2.21. The number of hydrogen-bond donors (Lipinski definition) is 0. The van der Waals surface area contributed by atoms with Gasteiger partial charge >= 0.3 is 0 Å². The summed E-state index contributed by atoms with van der Waals surface area (Å²) in [6, 6.07) is 15.6. The summed E-state index contributed by atoms with van der Waals surface area (Å²) in [4.78, 5) is 14.7. The van der Waals surface area contributed by atoms with Crippen LogP contribution in [0.1, 0.15) is 42.2 Å². The van der Waals surface area contributed by atoms with Gasteiger partial charge in [-0.1, -0.05) is 49.0 Å². The van der Waals surface area contributed by atoms with E-state index in [0.29, 0.717) is 12.4 Å². The number of carbonyl (C=O) groups excluding carboxylic acids is 1. The van der Waals surface area contributed by atoms with Gasteiger partial charge in [0, 0.05) is 37.6 Å². The van der Waals surface area contributed by atoms with E-state index in [1.54, 1.807) is 30.9 Å². The summed E-state index contributed by atoms with van der Waals surface area (Å²) in [5.74, 6) is 2.17. The first-order valence-corrected chi connectivity index (χ1v) is 12.0. The molecule has 1 amide bonds. The van der Waals surface area contributed by atoms with Crippen LogP contribution in [0.2, 0.25) is 0 Å². The molecule has 0 N–H and O–H groups in total. The lowest BCUT2D eigenvalue weighted by Gasteiger charge is -2.19. The molecule has 3 aromatic rings. The zero-order chi connectivity index (χ0) is 23.8. The fraction of sp³-hybridized carbons (Fsp3) is 0.400. The summed E-state index contributed by atoms with van der Waals surface area (Å²) < 4.78 is 12.9. The number of thioether (sulfide) groups is 1. The Kier molecular flexibility index (Phi) is 8.91. The van der Waals surface area contributed by atoms with Gasteiger partial charge in [-0.05, 0) is 37.1 Å². The summed E-state index contributed by atoms with van der Waals surface area (Å²) in [7, 11) is 5.18. The van der Waals surface area contributed by atoms with E-state index in [0.717, 1.165) is 46.4 Å². The first kappa shape index (κ1) is 24.8. The van der Waals surface area contributed by atoms with E-state index in [-0.39, 0.29) is 11.9 Å². The fourth-order valence-electron chi connectivity index (χ4n) is 3.69. The molecule has 1 aromatic heterocycles. The normalized spacial score (nSPS) is 11.9. The Morgan fingerprint density at radius 1 is 1.15 bits per heavy atom. The number of aromatic nitrogens is 3. The van der Waals surface area contributed by atoms with E-state index in [9.17, 15) is 4.79 Å². The molecule has 0 aliphatic carbocycles. The van der Waals surface area contributed by atoms with Crippen LogP contribution in [0.25, 0.3) is 11.4 Å². The highest BCUT2D eigenvalue weighted by molar-refractivity contribution is 7.98. The van der Waals surface area contributed by atoms with Crippen LogP contribution < -0.4 is 4.74 Å². The van der Waals surface area contributed by atoms with Gasteiger partial charge < -0.3 is 14.4 Å². The number of methoxy groups -OCH3 is 2. The number of hydrogen-bond acceptors (Lipinski definition) is 6. The highest BCUT2D eigenvalue weighted by atomic mass is 32.2. The van der Waals surface area contributed by atoms with Crippen LogP contribution in [0, 0.1) is 0 Å². The Morgan fingerprint density at radius 2 is 1.94 bits per heavy atom. The number of carbonyl (C=O) groups is 1. The van der Waals surface area contributed by atoms with Crippen molar-refractivity contribution in [3.63, 3.8) is 0 Å². The highest BCUT2D eigenvalue weighted by Crippen LogP contribution is 2.31. The van der Waals surface area contributed by atoms with Crippen LogP contribution >= 0.6 is 11.8 Å². The van der Waals surface area contributed by atoms with E-state index >= 15 is 0 Å². The molecule has 0 radical (unpaired) electrons. The van der Waals surface area contributed by atoms with Gasteiger partial charge in [-0.25, -0.2) is 0 Å². The van der Waals surface area contributed by atoms with Crippen LogP contribution in [-0.4, -0.2) is 60.0 Å². The molecule has 0 spiro atoms. The Balaban J connectivity index is 1.91. The first-order valence-electron chi connectivity index (χ1n) is 11.0. The second kappa shape index (κ2) is 11.9. The zero-order valence-corrected chi connectivity index (χ0v) is 20.8. The maximum Gasteiger partial charge on any atom is 0.253 e. The van der Waals surface area contributed by atoms with E-state index in [4.69, 9.17) is 9.47 Å². The van der Waals surface area contributed by atoms with Gasteiger partial charge in [0.1, 0.15) is 5.75 Å². The Labute approximate surface area is 200 Å². The van der Waals surface area contributed by atoms with Crippen molar-refractivity contribution in [1.29, 1.82) is 0 Å². The third kappa shape index (κ3) is 5.94.